The number of hydrogen-bond acceptors (Lipinski definition) is 7. The molecule has 1 aromatic carbocycles. The Morgan fingerprint density at radius 3 is 2.63 bits per heavy atom. The van der Waals surface area contributed by atoms with Crippen LogP contribution in [0.25, 0.3) is 0 Å². The fourth-order valence-electron chi connectivity index (χ4n) is 5.94. The van der Waals surface area contributed by atoms with Crippen LogP contribution in [-0.2, 0) is 32.7 Å². The number of likely N-dealkylation sites (tertiary alicyclic amines) is 1. The molecule has 2 aliphatic heterocycles. The molecular weight excluding hydrogens is 570 g/mol. The normalized spacial score (nSPS) is 22.6. The Labute approximate surface area is 244 Å². The monoisotopic (exact) mass is 605 g/mol. The van der Waals surface area contributed by atoms with Crippen LogP contribution in [0.5, 0.6) is 0 Å². The van der Waals surface area contributed by atoms with E-state index in [1.807, 2.05) is 0 Å². The summed E-state index contributed by atoms with van der Waals surface area (Å²) in [5, 5.41) is 11.4. The summed E-state index contributed by atoms with van der Waals surface area (Å²) in [5.41, 5.74) is 6.22. The van der Waals surface area contributed by atoms with Gasteiger partial charge in [0.1, 0.15) is 6.04 Å². The SMILES string of the molecule is NC(=O)CC(NC(=O)c1ccccc1Cl)C(=O)N1CCCCC(Cn2cc(CN3CCCC4(CC4)S3(=O)=O)nn2)C1. The number of aromatic nitrogens is 3. The minimum Gasteiger partial charge on any atom is -0.370 e. The lowest BCUT2D eigenvalue weighted by atomic mass is 10.0. The Balaban J connectivity index is 1.22. The van der Waals surface area contributed by atoms with Crippen LogP contribution < -0.4 is 11.1 Å². The van der Waals surface area contributed by atoms with Crippen LogP contribution in [0, 0.1) is 5.92 Å². The predicted octanol–water partition coefficient (Wildman–Crippen LogP) is 1.69. The summed E-state index contributed by atoms with van der Waals surface area (Å²) >= 11 is 6.15. The number of nitrogens with zero attached hydrogens (tertiary/aromatic N) is 5. The molecule has 2 aromatic rings. The van der Waals surface area contributed by atoms with E-state index < -0.39 is 32.6 Å². The minimum absolute atomic E-state index is 0.0537. The minimum atomic E-state index is -3.33. The molecule has 3 heterocycles. The van der Waals surface area contributed by atoms with Gasteiger partial charge in [0, 0.05) is 32.4 Å². The van der Waals surface area contributed by atoms with E-state index in [1.54, 1.807) is 44.3 Å². The maximum atomic E-state index is 13.6. The molecule has 14 heteroatoms. The molecule has 2 unspecified atom stereocenters. The first-order chi connectivity index (χ1) is 19.6. The second kappa shape index (κ2) is 12.1. The van der Waals surface area contributed by atoms with Gasteiger partial charge in [0.05, 0.1) is 34.0 Å². The molecule has 3 N–H and O–H groups in total. The van der Waals surface area contributed by atoms with Gasteiger partial charge in [-0.05, 0) is 56.6 Å². The van der Waals surface area contributed by atoms with Crippen LogP contribution in [0.3, 0.4) is 0 Å². The van der Waals surface area contributed by atoms with Crippen LogP contribution in [-0.4, -0.2) is 80.8 Å². The lowest BCUT2D eigenvalue weighted by Gasteiger charge is -2.31. The summed E-state index contributed by atoms with van der Waals surface area (Å²) in [4.78, 5) is 39.9. The molecule has 2 saturated heterocycles. The highest BCUT2D eigenvalue weighted by molar-refractivity contribution is 7.90. The zero-order chi connectivity index (χ0) is 29.2. The number of nitrogens with two attached hydrogens (primary N) is 1. The molecule has 0 radical (unpaired) electrons. The number of amides is 3. The Morgan fingerprint density at radius 1 is 1.12 bits per heavy atom. The molecule has 222 valence electrons. The zero-order valence-electron chi connectivity index (χ0n) is 22.9. The molecule has 3 amide bonds. The topological polar surface area (TPSA) is 161 Å². The first-order valence-corrected chi connectivity index (χ1v) is 15.9. The van der Waals surface area contributed by atoms with Crippen LogP contribution >= 0.6 is 11.6 Å². The number of carbonyl (C=O) groups excluding carboxylic acids is 3. The van der Waals surface area contributed by atoms with Crippen LogP contribution in [0.2, 0.25) is 5.02 Å². The van der Waals surface area contributed by atoms with Gasteiger partial charge in [-0.3, -0.25) is 19.1 Å². The smallest absolute Gasteiger partial charge is 0.253 e. The number of halogens is 1. The fraction of sp³-hybridized carbons (Fsp3) is 0.593. The lowest BCUT2D eigenvalue weighted by molar-refractivity contribution is -0.135. The van der Waals surface area contributed by atoms with Crippen molar-refractivity contribution in [1.82, 2.24) is 29.5 Å². The molecule has 2 atom stereocenters. The number of nitrogens with one attached hydrogen (secondary N) is 1. The number of sulfonamides is 1. The largest absolute Gasteiger partial charge is 0.370 e. The van der Waals surface area contributed by atoms with Gasteiger partial charge in [-0.1, -0.05) is 35.4 Å². The van der Waals surface area contributed by atoms with Crippen molar-refractivity contribution >= 4 is 39.3 Å². The lowest BCUT2D eigenvalue weighted by Crippen LogP contribution is -2.51. The second-order valence-electron chi connectivity index (χ2n) is 11.4. The molecule has 1 aliphatic carbocycles. The highest BCUT2D eigenvalue weighted by Gasteiger charge is 2.58. The number of primary amides is 1. The molecular formula is C27H36ClN7O5S. The zero-order valence-corrected chi connectivity index (χ0v) is 24.4. The molecule has 12 nitrogen and oxygen atoms in total. The van der Waals surface area contributed by atoms with Crippen molar-refractivity contribution in [3.05, 3.63) is 46.7 Å². The van der Waals surface area contributed by atoms with Crippen molar-refractivity contribution in [2.24, 2.45) is 11.7 Å². The molecule has 3 aliphatic rings. The Bertz CT molecular complexity index is 1410. The fourth-order valence-corrected chi connectivity index (χ4v) is 8.40. The quantitative estimate of drug-likeness (QED) is 0.440. The summed E-state index contributed by atoms with van der Waals surface area (Å²) in [6.45, 7) is 2.10. The molecule has 1 aromatic heterocycles. The number of rotatable bonds is 9. The molecule has 1 saturated carbocycles. The van der Waals surface area contributed by atoms with Crippen molar-refractivity contribution in [3.8, 4) is 0 Å². The molecule has 1 spiro atoms. The van der Waals surface area contributed by atoms with E-state index in [0.717, 1.165) is 44.9 Å². The first kappa shape index (κ1) is 29.5. The van der Waals surface area contributed by atoms with E-state index >= 15 is 0 Å². The molecule has 41 heavy (non-hydrogen) atoms. The van der Waals surface area contributed by atoms with Crippen LogP contribution in [0.4, 0.5) is 0 Å². The van der Waals surface area contributed by atoms with E-state index in [4.69, 9.17) is 17.3 Å². The summed E-state index contributed by atoms with van der Waals surface area (Å²) in [6.07, 6.45) is 7.04. The van der Waals surface area contributed by atoms with Gasteiger partial charge in [0.15, 0.2) is 0 Å². The highest BCUT2D eigenvalue weighted by Crippen LogP contribution is 2.51. The third-order valence-electron chi connectivity index (χ3n) is 8.31. The van der Waals surface area contributed by atoms with Crippen LogP contribution in [0.15, 0.2) is 30.5 Å². The van der Waals surface area contributed by atoms with E-state index in [0.29, 0.717) is 31.9 Å². The summed E-state index contributed by atoms with van der Waals surface area (Å²) in [6, 6.07) is 5.36. The van der Waals surface area contributed by atoms with E-state index in [-0.39, 0.29) is 35.4 Å². The van der Waals surface area contributed by atoms with Gasteiger partial charge in [-0.15, -0.1) is 5.10 Å². The Morgan fingerprint density at radius 2 is 1.90 bits per heavy atom. The van der Waals surface area contributed by atoms with E-state index in [2.05, 4.69) is 15.6 Å². The van der Waals surface area contributed by atoms with E-state index in [1.165, 1.54) is 0 Å². The van der Waals surface area contributed by atoms with Gasteiger partial charge in [-0.25, -0.2) is 8.42 Å². The van der Waals surface area contributed by atoms with Crippen molar-refractivity contribution < 1.29 is 22.8 Å². The summed E-state index contributed by atoms with van der Waals surface area (Å²) < 4.78 is 28.7. The predicted molar refractivity (Wildman–Crippen MR) is 151 cm³/mol. The van der Waals surface area contributed by atoms with Crippen molar-refractivity contribution in [1.29, 1.82) is 0 Å². The molecule has 5 rings (SSSR count). The average molecular weight is 606 g/mol. The maximum Gasteiger partial charge on any atom is 0.253 e. The number of hydrogen-bond donors (Lipinski definition) is 2. The van der Waals surface area contributed by atoms with Gasteiger partial charge < -0.3 is 16.0 Å². The number of carbonyl (C=O) groups is 3. The summed E-state index contributed by atoms with van der Waals surface area (Å²) in [5.74, 6) is -1.58. The van der Waals surface area contributed by atoms with Gasteiger partial charge in [0.2, 0.25) is 21.8 Å². The first-order valence-electron chi connectivity index (χ1n) is 14.1. The molecule has 0 bridgehead atoms. The standard InChI is InChI=1S/C27H36ClN7O5S/c28-22-8-2-1-7-21(22)25(37)30-23(14-24(29)36)26(38)33-12-4-3-6-19(15-33)16-34-17-20(31-32-34)18-35-13-5-9-27(10-11-27)41(35,39)40/h1-2,7-8,17,19,23H,3-6,9-16,18H2,(H2,29,36)(H,30,37). The Hall–Kier alpha value is -3.03. The van der Waals surface area contributed by atoms with Crippen molar-refractivity contribution in [3.63, 3.8) is 0 Å². The van der Waals surface area contributed by atoms with Gasteiger partial charge in [-0.2, -0.15) is 4.31 Å². The van der Waals surface area contributed by atoms with Crippen molar-refractivity contribution in [2.75, 3.05) is 19.6 Å². The maximum absolute atomic E-state index is 13.6. The Kier molecular flexibility index (Phi) is 8.67. The second-order valence-corrected chi connectivity index (χ2v) is 14.1. The van der Waals surface area contributed by atoms with Gasteiger partial charge in [0.25, 0.3) is 5.91 Å². The van der Waals surface area contributed by atoms with E-state index in [9.17, 15) is 22.8 Å². The summed E-state index contributed by atoms with van der Waals surface area (Å²) in [7, 11) is -3.33. The van der Waals surface area contributed by atoms with Crippen LogP contribution in [0.1, 0.15) is 67.4 Å². The average Bonchev–Trinajstić information content (AvgIpc) is 3.65. The number of benzene rings is 1. The highest BCUT2D eigenvalue weighted by atomic mass is 35.5. The molecule has 3 fully saturated rings. The van der Waals surface area contributed by atoms with Crippen molar-refractivity contribution in [2.45, 2.75) is 75.2 Å². The third kappa shape index (κ3) is 6.57. The third-order valence-corrected chi connectivity index (χ3v) is 11.3. The van der Waals surface area contributed by atoms with Gasteiger partial charge >= 0.3 is 0 Å².